The lowest BCUT2D eigenvalue weighted by molar-refractivity contribution is 0.00892. The van der Waals surface area contributed by atoms with Crippen LogP contribution in [-0.2, 0) is 4.74 Å². The summed E-state index contributed by atoms with van der Waals surface area (Å²) >= 11 is 0. The first kappa shape index (κ1) is 19.3. The van der Waals surface area contributed by atoms with Crippen molar-refractivity contribution < 1.29 is 9.53 Å². The number of hydrogen-bond acceptors (Lipinski definition) is 3. The average Bonchev–Trinajstić information content (AvgIpc) is 2.30. The van der Waals surface area contributed by atoms with Crippen molar-refractivity contribution in [1.82, 2.24) is 9.80 Å². The number of nitrogens with zero attached hydrogens (tertiary/aromatic N) is 3. The molecular formula is C15H29IN4O2. The third-order valence-electron chi connectivity index (χ3n) is 3.81. The van der Waals surface area contributed by atoms with Crippen LogP contribution in [0.2, 0.25) is 0 Å². The first-order valence-electron chi connectivity index (χ1n) is 7.81. The van der Waals surface area contributed by atoms with Crippen LogP contribution in [0, 0.1) is 5.92 Å². The van der Waals surface area contributed by atoms with E-state index in [1.807, 2.05) is 20.8 Å². The topological polar surface area (TPSA) is 71.2 Å². The van der Waals surface area contributed by atoms with Crippen LogP contribution in [0.25, 0.3) is 0 Å². The van der Waals surface area contributed by atoms with Gasteiger partial charge in [0.15, 0.2) is 5.96 Å². The minimum atomic E-state index is -0.450. The molecule has 2 aliphatic rings. The van der Waals surface area contributed by atoms with Gasteiger partial charge in [0.25, 0.3) is 0 Å². The Bertz CT molecular complexity index is 416. The van der Waals surface area contributed by atoms with Crippen molar-refractivity contribution in [1.29, 1.82) is 0 Å². The Morgan fingerprint density at radius 1 is 1.23 bits per heavy atom. The number of piperidine rings is 1. The lowest BCUT2D eigenvalue weighted by atomic mass is 10.0. The van der Waals surface area contributed by atoms with Crippen molar-refractivity contribution >= 4 is 36.0 Å². The first-order chi connectivity index (χ1) is 9.74. The average molecular weight is 424 g/mol. The van der Waals surface area contributed by atoms with Crippen molar-refractivity contribution in [2.45, 2.75) is 52.2 Å². The second-order valence-electron chi connectivity index (χ2n) is 7.22. The van der Waals surface area contributed by atoms with E-state index in [0.717, 1.165) is 13.1 Å². The molecule has 0 saturated carbocycles. The molecular weight excluding hydrogens is 395 g/mol. The molecule has 2 saturated heterocycles. The zero-order valence-electron chi connectivity index (χ0n) is 14.0. The minimum absolute atomic E-state index is 0. The van der Waals surface area contributed by atoms with Crippen LogP contribution in [0.3, 0.4) is 0 Å². The molecule has 0 bridgehead atoms. The van der Waals surface area contributed by atoms with E-state index in [4.69, 9.17) is 10.5 Å². The number of carbonyl (C=O) groups excluding carboxylic acids is 1. The Morgan fingerprint density at radius 3 is 2.41 bits per heavy atom. The van der Waals surface area contributed by atoms with Crippen LogP contribution < -0.4 is 5.73 Å². The predicted octanol–water partition coefficient (Wildman–Crippen LogP) is 2.27. The third kappa shape index (κ3) is 5.48. The minimum Gasteiger partial charge on any atom is -0.444 e. The van der Waals surface area contributed by atoms with Crippen LogP contribution in [0.4, 0.5) is 4.79 Å². The van der Waals surface area contributed by atoms with E-state index in [1.54, 1.807) is 4.90 Å². The van der Waals surface area contributed by atoms with Gasteiger partial charge in [-0.15, -0.1) is 24.0 Å². The number of guanidine groups is 1. The van der Waals surface area contributed by atoms with Crippen LogP contribution >= 0.6 is 24.0 Å². The van der Waals surface area contributed by atoms with Crippen molar-refractivity contribution in [2.24, 2.45) is 16.6 Å². The SMILES string of the molecule is CC1CCCN(C(N)=NC2CN(C(=O)OC(C)(C)C)C2)C1.I. The summed E-state index contributed by atoms with van der Waals surface area (Å²) in [6.07, 6.45) is 2.17. The van der Waals surface area contributed by atoms with Gasteiger partial charge in [-0.3, -0.25) is 0 Å². The van der Waals surface area contributed by atoms with Crippen molar-refractivity contribution in [3.8, 4) is 0 Å². The maximum Gasteiger partial charge on any atom is 0.410 e. The molecule has 2 heterocycles. The summed E-state index contributed by atoms with van der Waals surface area (Å²) in [6.45, 7) is 11.0. The zero-order valence-corrected chi connectivity index (χ0v) is 16.4. The number of nitrogens with two attached hydrogens (primary N) is 1. The Kier molecular flexibility index (Phi) is 6.76. The maximum absolute atomic E-state index is 11.8. The van der Waals surface area contributed by atoms with E-state index in [9.17, 15) is 4.79 Å². The van der Waals surface area contributed by atoms with Gasteiger partial charge in [0.05, 0.1) is 6.04 Å². The van der Waals surface area contributed by atoms with Gasteiger partial charge in [0.2, 0.25) is 0 Å². The summed E-state index contributed by atoms with van der Waals surface area (Å²) in [5.41, 5.74) is 5.64. The predicted molar refractivity (Wildman–Crippen MR) is 98.6 cm³/mol. The number of halogens is 1. The van der Waals surface area contributed by atoms with Crippen molar-refractivity contribution in [2.75, 3.05) is 26.2 Å². The quantitative estimate of drug-likeness (QED) is 0.398. The van der Waals surface area contributed by atoms with E-state index >= 15 is 0 Å². The molecule has 1 atom stereocenters. The highest BCUT2D eigenvalue weighted by Gasteiger charge is 2.34. The summed E-state index contributed by atoms with van der Waals surface area (Å²) in [4.78, 5) is 20.2. The van der Waals surface area contributed by atoms with Gasteiger partial charge < -0.3 is 20.3 Å². The van der Waals surface area contributed by atoms with Gasteiger partial charge in [-0.1, -0.05) is 6.92 Å². The van der Waals surface area contributed by atoms with Gasteiger partial charge in [0, 0.05) is 26.2 Å². The first-order valence-corrected chi connectivity index (χ1v) is 7.81. The van der Waals surface area contributed by atoms with Gasteiger partial charge in [-0.2, -0.15) is 0 Å². The van der Waals surface area contributed by atoms with E-state index in [-0.39, 0.29) is 36.1 Å². The van der Waals surface area contributed by atoms with Crippen molar-refractivity contribution in [3.63, 3.8) is 0 Å². The van der Waals surface area contributed by atoms with Crippen LogP contribution in [0.1, 0.15) is 40.5 Å². The van der Waals surface area contributed by atoms with E-state index in [1.165, 1.54) is 12.8 Å². The summed E-state index contributed by atoms with van der Waals surface area (Å²) in [5, 5.41) is 0. The molecule has 2 fully saturated rings. The highest BCUT2D eigenvalue weighted by molar-refractivity contribution is 14.0. The normalized spacial score (nSPS) is 23.6. The zero-order chi connectivity index (χ0) is 15.6. The van der Waals surface area contributed by atoms with E-state index in [0.29, 0.717) is 25.0 Å². The number of likely N-dealkylation sites (tertiary alicyclic amines) is 2. The molecule has 0 aromatic heterocycles. The van der Waals surface area contributed by atoms with Crippen LogP contribution in [-0.4, -0.2) is 59.7 Å². The third-order valence-corrected chi connectivity index (χ3v) is 3.81. The summed E-state index contributed by atoms with van der Waals surface area (Å²) < 4.78 is 5.32. The number of amides is 1. The standard InChI is InChI=1S/C15H28N4O2.HI/c1-11-6-5-7-18(8-11)13(16)17-12-9-19(10-12)14(20)21-15(2,3)4;/h11-12H,5-10H2,1-4H3,(H2,16,17);1H. The monoisotopic (exact) mass is 424 g/mol. The summed E-state index contributed by atoms with van der Waals surface area (Å²) in [5.74, 6) is 1.29. The summed E-state index contributed by atoms with van der Waals surface area (Å²) in [7, 11) is 0. The summed E-state index contributed by atoms with van der Waals surface area (Å²) in [6, 6.07) is 0.106. The molecule has 7 heteroatoms. The number of hydrogen-bond donors (Lipinski definition) is 1. The Morgan fingerprint density at radius 2 is 1.86 bits per heavy atom. The fourth-order valence-corrected chi connectivity index (χ4v) is 2.68. The second kappa shape index (κ2) is 7.70. The lowest BCUT2D eigenvalue weighted by Crippen LogP contribution is -2.55. The molecule has 2 rings (SSSR count). The molecule has 0 aliphatic carbocycles. The van der Waals surface area contributed by atoms with E-state index < -0.39 is 5.60 Å². The fourth-order valence-electron chi connectivity index (χ4n) is 2.68. The van der Waals surface area contributed by atoms with E-state index in [2.05, 4.69) is 16.8 Å². The second-order valence-corrected chi connectivity index (χ2v) is 7.22. The fraction of sp³-hybridized carbons (Fsp3) is 0.867. The van der Waals surface area contributed by atoms with Gasteiger partial charge >= 0.3 is 6.09 Å². The Labute approximate surface area is 150 Å². The van der Waals surface area contributed by atoms with Gasteiger partial charge in [0.1, 0.15) is 5.60 Å². The van der Waals surface area contributed by atoms with Gasteiger partial charge in [-0.25, -0.2) is 9.79 Å². The Hall–Kier alpha value is -0.730. The molecule has 128 valence electrons. The molecule has 0 aromatic rings. The van der Waals surface area contributed by atoms with Crippen LogP contribution in [0.15, 0.2) is 4.99 Å². The molecule has 22 heavy (non-hydrogen) atoms. The highest BCUT2D eigenvalue weighted by atomic mass is 127. The van der Waals surface area contributed by atoms with Crippen molar-refractivity contribution in [3.05, 3.63) is 0 Å². The molecule has 0 spiro atoms. The molecule has 1 unspecified atom stereocenters. The highest BCUT2D eigenvalue weighted by Crippen LogP contribution is 2.19. The number of aliphatic imine (C=N–C) groups is 1. The lowest BCUT2D eigenvalue weighted by Gasteiger charge is -2.39. The molecule has 1 amide bonds. The molecule has 6 nitrogen and oxygen atoms in total. The Balaban J connectivity index is 0.00000242. The molecule has 0 aromatic carbocycles. The largest absolute Gasteiger partial charge is 0.444 e. The smallest absolute Gasteiger partial charge is 0.410 e. The molecule has 2 aliphatic heterocycles. The number of ether oxygens (including phenoxy) is 1. The number of rotatable bonds is 1. The molecule has 0 radical (unpaired) electrons. The number of carbonyl (C=O) groups is 1. The maximum atomic E-state index is 11.8. The van der Waals surface area contributed by atoms with Gasteiger partial charge in [-0.05, 0) is 39.5 Å². The van der Waals surface area contributed by atoms with Crippen LogP contribution in [0.5, 0.6) is 0 Å². The molecule has 2 N–H and O–H groups in total.